The lowest BCUT2D eigenvalue weighted by Gasteiger charge is -2.34. The Kier molecular flexibility index (Phi) is 5.73. The minimum Gasteiger partial charge on any atom is -0.378 e. The molecule has 6 heteroatoms. The molecule has 3 rings (SSSR count). The van der Waals surface area contributed by atoms with Crippen LogP contribution < -0.4 is 15.1 Å². The highest BCUT2D eigenvalue weighted by Gasteiger charge is 2.17. The van der Waals surface area contributed by atoms with Gasteiger partial charge in [0.15, 0.2) is 0 Å². The maximum absolute atomic E-state index is 12.4. The molecule has 0 aliphatic carbocycles. The Morgan fingerprint density at radius 3 is 2.31 bits per heavy atom. The summed E-state index contributed by atoms with van der Waals surface area (Å²) in [5, 5.41) is 2.92. The molecule has 0 bridgehead atoms. The van der Waals surface area contributed by atoms with Crippen molar-refractivity contribution in [3.8, 4) is 0 Å². The van der Waals surface area contributed by atoms with Crippen molar-refractivity contribution in [2.45, 2.75) is 6.92 Å². The summed E-state index contributed by atoms with van der Waals surface area (Å²) in [5.74, 6) is 0.796. The lowest BCUT2D eigenvalue weighted by Crippen LogP contribution is -2.46. The molecule has 1 aliphatic rings. The molecular formula is C20H27N5O. The summed E-state index contributed by atoms with van der Waals surface area (Å²) in [7, 11) is 3.98. The van der Waals surface area contributed by atoms with Gasteiger partial charge in [-0.3, -0.25) is 4.79 Å². The molecule has 1 N–H and O–H groups in total. The molecule has 2 heterocycles. The summed E-state index contributed by atoms with van der Waals surface area (Å²) >= 11 is 0. The Morgan fingerprint density at radius 1 is 1.08 bits per heavy atom. The summed E-state index contributed by atoms with van der Waals surface area (Å²) < 4.78 is 0. The molecular weight excluding hydrogens is 326 g/mol. The fourth-order valence-corrected chi connectivity index (χ4v) is 3.05. The van der Waals surface area contributed by atoms with Crippen LogP contribution in [-0.2, 0) is 0 Å². The van der Waals surface area contributed by atoms with E-state index in [0.717, 1.165) is 49.9 Å². The first-order valence-electron chi connectivity index (χ1n) is 9.09. The number of aromatic nitrogens is 1. The Bertz CT molecular complexity index is 719. The highest BCUT2D eigenvalue weighted by atomic mass is 16.1. The molecule has 1 saturated heterocycles. The third-order valence-corrected chi connectivity index (χ3v) is 4.80. The van der Waals surface area contributed by atoms with Crippen molar-refractivity contribution in [2.75, 3.05) is 61.9 Å². The predicted octanol–water partition coefficient (Wildman–Crippen LogP) is 2.54. The van der Waals surface area contributed by atoms with E-state index in [4.69, 9.17) is 0 Å². The van der Waals surface area contributed by atoms with Gasteiger partial charge in [0.2, 0.25) is 0 Å². The first-order valence-corrected chi connectivity index (χ1v) is 9.09. The largest absolute Gasteiger partial charge is 0.378 e. The molecule has 0 saturated carbocycles. The monoisotopic (exact) mass is 353 g/mol. The van der Waals surface area contributed by atoms with Gasteiger partial charge in [-0.15, -0.1) is 0 Å². The van der Waals surface area contributed by atoms with Gasteiger partial charge in [0.1, 0.15) is 5.82 Å². The Labute approximate surface area is 155 Å². The van der Waals surface area contributed by atoms with Crippen LogP contribution >= 0.6 is 0 Å². The van der Waals surface area contributed by atoms with Crippen molar-refractivity contribution in [3.05, 3.63) is 48.2 Å². The third kappa shape index (κ3) is 4.32. The van der Waals surface area contributed by atoms with Crippen LogP contribution in [-0.4, -0.2) is 62.6 Å². The van der Waals surface area contributed by atoms with Crippen molar-refractivity contribution in [3.63, 3.8) is 0 Å². The molecule has 26 heavy (non-hydrogen) atoms. The third-order valence-electron chi connectivity index (χ3n) is 4.80. The van der Waals surface area contributed by atoms with Crippen molar-refractivity contribution in [1.82, 2.24) is 9.88 Å². The van der Waals surface area contributed by atoms with E-state index < -0.39 is 0 Å². The van der Waals surface area contributed by atoms with Crippen molar-refractivity contribution in [2.24, 2.45) is 0 Å². The summed E-state index contributed by atoms with van der Waals surface area (Å²) in [5.41, 5.74) is 2.44. The SMILES string of the molecule is CCN1CCN(c2ccc(C(=O)Nc3ccc(N(C)C)cc3)cn2)CC1. The van der Waals surface area contributed by atoms with E-state index in [0.29, 0.717) is 5.56 Å². The second-order valence-corrected chi connectivity index (χ2v) is 6.72. The van der Waals surface area contributed by atoms with E-state index in [-0.39, 0.29) is 5.91 Å². The Hall–Kier alpha value is -2.60. The zero-order chi connectivity index (χ0) is 18.5. The molecule has 1 aliphatic heterocycles. The summed E-state index contributed by atoms with van der Waals surface area (Å²) in [6, 6.07) is 11.5. The van der Waals surface area contributed by atoms with Gasteiger partial charge in [0.05, 0.1) is 5.56 Å². The van der Waals surface area contributed by atoms with E-state index in [1.807, 2.05) is 55.4 Å². The van der Waals surface area contributed by atoms with Gasteiger partial charge in [-0.2, -0.15) is 0 Å². The highest BCUT2D eigenvalue weighted by molar-refractivity contribution is 6.04. The molecule has 0 radical (unpaired) electrons. The van der Waals surface area contributed by atoms with Gasteiger partial charge in [-0.05, 0) is 42.9 Å². The smallest absolute Gasteiger partial charge is 0.257 e. The molecule has 138 valence electrons. The van der Waals surface area contributed by atoms with Gasteiger partial charge in [-0.25, -0.2) is 4.98 Å². The molecule has 1 aromatic carbocycles. The lowest BCUT2D eigenvalue weighted by atomic mass is 10.2. The number of hydrogen-bond acceptors (Lipinski definition) is 5. The summed E-state index contributed by atoms with van der Waals surface area (Å²) in [6.45, 7) is 7.35. The van der Waals surface area contributed by atoms with Gasteiger partial charge in [-0.1, -0.05) is 6.92 Å². The summed E-state index contributed by atoms with van der Waals surface area (Å²) in [4.78, 5) is 23.6. The number of nitrogens with one attached hydrogen (secondary N) is 1. The van der Waals surface area contributed by atoms with Crippen LogP contribution in [0.2, 0.25) is 0 Å². The van der Waals surface area contributed by atoms with Crippen LogP contribution in [0.25, 0.3) is 0 Å². The van der Waals surface area contributed by atoms with Gasteiger partial charge < -0.3 is 20.0 Å². The lowest BCUT2D eigenvalue weighted by molar-refractivity contribution is 0.102. The highest BCUT2D eigenvalue weighted by Crippen LogP contribution is 2.18. The molecule has 0 spiro atoms. The van der Waals surface area contributed by atoms with Crippen LogP contribution in [0.1, 0.15) is 17.3 Å². The Morgan fingerprint density at radius 2 is 1.77 bits per heavy atom. The number of likely N-dealkylation sites (N-methyl/N-ethyl adjacent to an activating group) is 1. The van der Waals surface area contributed by atoms with E-state index in [1.54, 1.807) is 6.20 Å². The number of hydrogen-bond donors (Lipinski definition) is 1. The van der Waals surface area contributed by atoms with Crippen molar-refractivity contribution in [1.29, 1.82) is 0 Å². The number of benzene rings is 1. The fourth-order valence-electron chi connectivity index (χ4n) is 3.05. The average molecular weight is 353 g/mol. The van der Waals surface area contributed by atoms with Crippen LogP contribution in [0, 0.1) is 0 Å². The van der Waals surface area contributed by atoms with Crippen LogP contribution in [0.3, 0.4) is 0 Å². The number of nitrogens with zero attached hydrogens (tertiary/aromatic N) is 4. The zero-order valence-electron chi connectivity index (χ0n) is 15.8. The average Bonchev–Trinajstić information content (AvgIpc) is 2.68. The minimum absolute atomic E-state index is 0.141. The number of carbonyl (C=O) groups excluding carboxylic acids is 1. The standard InChI is InChI=1S/C20H27N5O/c1-4-24-11-13-25(14-12-24)19-10-5-16(15-21-19)20(26)22-17-6-8-18(9-7-17)23(2)3/h5-10,15H,4,11-14H2,1-3H3,(H,22,26). The second kappa shape index (κ2) is 8.19. The fraction of sp³-hybridized carbons (Fsp3) is 0.400. The van der Waals surface area contributed by atoms with E-state index in [1.165, 1.54) is 0 Å². The summed E-state index contributed by atoms with van der Waals surface area (Å²) in [6.07, 6.45) is 1.66. The Balaban J connectivity index is 1.60. The number of piperazine rings is 1. The van der Waals surface area contributed by atoms with Crippen molar-refractivity contribution >= 4 is 23.1 Å². The number of carbonyl (C=O) groups is 1. The first-order chi connectivity index (χ1) is 12.6. The van der Waals surface area contributed by atoms with E-state index in [9.17, 15) is 4.79 Å². The zero-order valence-corrected chi connectivity index (χ0v) is 15.8. The van der Waals surface area contributed by atoms with Gasteiger partial charge in [0.25, 0.3) is 5.91 Å². The minimum atomic E-state index is -0.141. The van der Waals surface area contributed by atoms with Gasteiger partial charge in [0, 0.05) is 57.8 Å². The van der Waals surface area contributed by atoms with E-state index in [2.05, 4.69) is 27.0 Å². The number of pyridine rings is 1. The number of amides is 1. The van der Waals surface area contributed by atoms with Crippen LogP contribution in [0.4, 0.5) is 17.2 Å². The number of rotatable bonds is 5. The molecule has 2 aromatic rings. The first kappa shape index (κ1) is 18.2. The maximum atomic E-state index is 12.4. The molecule has 0 atom stereocenters. The normalized spacial score (nSPS) is 15.0. The topological polar surface area (TPSA) is 51.7 Å². The van der Waals surface area contributed by atoms with Crippen LogP contribution in [0.15, 0.2) is 42.6 Å². The maximum Gasteiger partial charge on any atom is 0.257 e. The van der Waals surface area contributed by atoms with Crippen molar-refractivity contribution < 1.29 is 4.79 Å². The quantitative estimate of drug-likeness (QED) is 0.895. The van der Waals surface area contributed by atoms with Crippen LogP contribution in [0.5, 0.6) is 0 Å². The predicted molar refractivity (Wildman–Crippen MR) is 107 cm³/mol. The molecule has 1 aromatic heterocycles. The molecule has 1 fully saturated rings. The molecule has 0 unspecified atom stereocenters. The molecule has 6 nitrogen and oxygen atoms in total. The van der Waals surface area contributed by atoms with Gasteiger partial charge >= 0.3 is 0 Å². The second-order valence-electron chi connectivity index (χ2n) is 6.72. The van der Waals surface area contributed by atoms with E-state index >= 15 is 0 Å². The molecule has 1 amide bonds. The number of anilines is 3.